The van der Waals surface area contributed by atoms with Crippen LogP contribution in [0, 0.1) is 0 Å². The van der Waals surface area contributed by atoms with Crippen molar-refractivity contribution in [2.75, 3.05) is 19.0 Å². The summed E-state index contributed by atoms with van der Waals surface area (Å²) in [5.41, 5.74) is 0.285. The first-order valence-corrected chi connectivity index (χ1v) is 11.8. The van der Waals surface area contributed by atoms with Crippen LogP contribution < -0.4 is 10.2 Å². The average Bonchev–Trinajstić information content (AvgIpc) is 2.74. The molecule has 2 rings (SSSR count). The Hall–Kier alpha value is -2.56. The number of sulfonamides is 1. The van der Waals surface area contributed by atoms with Gasteiger partial charge in [0.2, 0.25) is 22.3 Å². The van der Waals surface area contributed by atoms with Gasteiger partial charge in [0.05, 0.1) is 4.90 Å². The van der Waals surface area contributed by atoms with Gasteiger partial charge in [-0.3, -0.25) is 14.5 Å². The van der Waals surface area contributed by atoms with Crippen LogP contribution in [0.15, 0.2) is 64.6 Å². The third-order valence-electron chi connectivity index (χ3n) is 5.09. The van der Waals surface area contributed by atoms with Crippen molar-refractivity contribution in [2.45, 2.75) is 42.7 Å². The van der Waals surface area contributed by atoms with E-state index in [9.17, 15) is 26.8 Å². The monoisotopic (exact) mass is 501 g/mol. The van der Waals surface area contributed by atoms with Crippen LogP contribution in [0.3, 0.4) is 0 Å². The van der Waals surface area contributed by atoms with Crippen LogP contribution in [0.4, 0.5) is 14.5 Å². The highest BCUT2D eigenvalue weighted by molar-refractivity contribution is 7.89. The zero-order valence-corrected chi connectivity index (χ0v) is 20.0. The van der Waals surface area contributed by atoms with Crippen LogP contribution in [0.2, 0.25) is 0 Å². The largest absolute Gasteiger partial charge is 0.351 e. The lowest BCUT2D eigenvalue weighted by atomic mass is 9.87. The lowest BCUT2D eigenvalue weighted by Crippen LogP contribution is -2.56. The highest BCUT2D eigenvalue weighted by Gasteiger charge is 2.47. The lowest BCUT2D eigenvalue weighted by Gasteiger charge is -2.37. The Bertz CT molecular complexity index is 1080. The van der Waals surface area contributed by atoms with E-state index in [4.69, 9.17) is 11.6 Å². The second-order valence-electron chi connectivity index (χ2n) is 7.66. The van der Waals surface area contributed by atoms with Crippen LogP contribution in [-0.2, 0) is 19.6 Å². The maximum atomic E-state index is 13.3. The Labute approximate surface area is 197 Å². The number of anilines is 1. The molecule has 7 nitrogen and oxygen atoms in total. The normalized spacial score (nSPS) is 17.8. The van der Waals surface area contributed by atoms with Crippen molar-refractivity contribution >= 4 is 39.6 Å². The Morgan fingerprint density at radius 3 is 2.45 bits per heavy atom. The second kappa shape index (κ2) is 10.6. The van der Waals surface area contributed by atoms with E-state index in [1.165, 1.54) is 56.6 Å². The molecule has 180 valence electrons. The molecule has 1 aliphatic rings. The number of nitrogens with one attached hydrogen (secondary N) is 1. The van der Waals surface area contributed by atoms with Crippen molar-refractivity contribution < 1.29 is 26.8 Å². The van der Waals surface area contributed by atoms with Gasteiger partial charge in [-0.25, -0.2) is 21.5 Å². The summed E-state index contributed by atoms with van der Waals surface area (Å²) in [5.74, 6) is -3.59. The van der Waals surface area contributed by atoms with Crippen molar-refractivity contribution in [1.29, 1.82) is 0 Å². The second-order valence-corrected chi connectivity index (χ2v) is 10.2. The van der Waals surface area contributed by atoms with Gasteiger partial charge in [-0.05, 0) is 25.1 Å². The molecule has 0 bridgehead atoms. The molecule has 1 fully saturated rings. The Morgan fingerprint density at radius 2 is 1.97 bits per heavy atom. The summed E-state index contributed by atoms with van der Waals surface area (Å²) in [6, 6.07) is 3.35. The molecule has 1 aliphatic carbocycles. The van der Waals surface area contributed by atoms with Crippen LogP contribution in [0.1, 0.15) is 19.8 Å². The molecule has 2 amide bonds. The average molecular weight is 502 g/mol. The number of halogens is 3. The van der Waals surface area contributed by atoms with Crippen LogP contribution in [-0.4, -0.2) is 57.1 Å². The number of nitrogens with zero attached hydrogens (tertiary/aromatic N) is 2. The summed E-state index contributed by atoms with van der Waals surface area (Å²) in [5, 5.41) is 2.67. The van der Waals surface area contributed by atoms with Gasteiger partial charge < -0.3 is 5.32 Å². The first kappa shape index (κ1) is 26.7. The zero-order chi connectivity index (χ0) is 25.0. The minimum Gasteiger partial charge on any atom is -0.351 e. The van der Waals surface area contributed by atoms with Gasteiger partial charge in [0.1, 0.15) is 6.04 Å². The van der Waals surface area contributed by atoms with E-state index in [1.54, 1.807) is 6.92 Å². The molecule has 0 radical (unpaired) electrons. The van der Waals surface area contributed by atoms with E-state index >= 15 is 0 Å². The fourth-order valence-electron chi connectivity index (χ4n) is 3.34. The van der Waals surface area contributed by atoms with Crippen molar-refractivity contribution in [3.63, 3.8) is 0 Å². The predicted octanol–water partition coefficient (Wildman–Crippen LogP) is 3.44. The highest BCUT2D eigenvalue weighted by Crippen LogP contribution is 2.38. The summed E-state index contributed by atoms with van der Waals surface area (Å²) in [7, 11) is -1.10. The van der Waals surface area contributed by atoms with Crippen molar-refractivity contribution in [3.05, 3.63) is 59.7 Å². The number of carbonyl (C=O) groups is 2. The van der Waals surface area contributed by atoms with Crippen LogP contribution >= 0.6 is 11.6 Å². The third kappa shape index (κ3) is 6.07. The smallest absolute Gasteiger partial charge is 0.252 e. The van der Waals surface area contributed by atoms with Gasteiger partial charge in [0.15, 0.2) is 0 Å². The summed E-state index contributed by atoms with van der Waals surface area (Å²) in [6.45, 7) is 5.23. The lowest BCUT2D eigenvalue weighted by molar-refractivity contribution is -0.130. The van der Waals surface area contributed by atoms with Gasteiger partial charge in [-0.1, -0.05) is 42.5 Å². The zero-order valence-electron chi connectivity index (χ0n) is 18.5. The van der Waals surface area contributed by atoms with Crippen LogP contribution in [0.5, 0.6) is 0 Å². The van der Waals surface area contributed by atoms with E-state index in [2.05, 4.69) is 11.9 Å². The van der Waals surface area contributed by atoms with E-state index in [1.807, 2.05) is 0 Å². The fourth-order valence-corrected chi connectivity index (χ4v) is 4.45. The molecule has 1 unspecified atom stereocenters. The van der Waals surface area contributed by atoms with Crippen molar-refractivity contribution in [3.8, 4) is 0 Å². The van der Waals surface area contributed by atoms with E-state index in [-0.39, 0.29) is 21.2 Å². The molecule has 1 aromatic rings. The number of allylic oxidation sites excluding steroid dienone is 3. The number of rotatable bonds is 10. The topological polar surface area (TPSA) is 86.8 Å². The Kier molecular flexibility index (Phi) is 8.56. The van der Waals surface area contributed by atoms with E-state index < -0.39 is 46.8 Å². The molecular weight excluding hydrogens is 476 g/mol. The van der Waals surface area contributed by atoms with Crippen molar-refractivity contribution in [1.82, 2.24) is 9.62 Å². The number of alkyl halides is 2. The minimum atomic E-state index is -3.83. The number of hydrogen-bond acceptors (Lipinski definition) is 4. The standard InChI is InChI=1S/C22H26ClF2N3O4S/c1-5-8-18(19(23)6-2)20(21(30)26-15-12-22(24,25)13-15)28(14-29)16-9-7-10-17(11-16)33(31,32)27(3)4/h5-11,14-15,20H,1,12-13H2,2-4H3,(H,26,30)/b18-8+,19-6+. The first-order valence-electron chi connectivity index (χ1n) is 9.97. The summed E-state index contributed by atoms with van der Waals surface area (Å²) < 4.78 is 52.7. The third-order valence-corrected chi connectivity index (χ3v) is 7.34. The van der Waals surface area contributed by atoms with Gasteiger partial charge in [-0.15, -0.1) is 0 Å². The molecule has 1 N–H and O–H groups in total. The molecule has 0 heterocycles. The number of amides is 2. The highest BCUT2D eigenvalue weighted by atomic mass is 35.5. The quantitative estimate of drug-likeness (QED) is 0.393. The first-order chi connectivity index (χ1) is 15.4. The number of benzene rings is 1. The summed E-state index contributed by atoms with van der Waals surface area (Å²) >= 11 is 6.31. The molecule has 11 heteroatoms. The number of carbonyl (C=O) groups excluding carboxylic acids is 2. The summed E-state index contributed by atoms with van der Waals surface area (Å²) in [6.07, 6.45) is 3.64. The number of hydrogen-bond donors (Lipinski definition) is 1. The molecular formula is C22H26ClF2N3O4S. The molecule has 0 aromatic heterocycles. The molecule has 1 aromatic carbocycles. The molecule has 0 spiro atoms. The van der Waals surface area contributed by atoms with Crippen molar-refractivity contribution in [2.24, 2.45) is 0 Å². The predicted molar refractivity (Wildman–Crippen MR) is 124 cm³/mol. The van der Waals surface area contributed by atoms with Gasteiger partial charge in [-0.2, -0.15) is 0 Å². The Morgan fingerprint density at radius 1 is 1.33 bits per heavy atom. The van der Waals surface area contributed by atoms with Gasteiger partial charge in [0.25, 0.3) is 5.92 Å². The fraction of sp³-hybridized carbons (Fsp3) is 0.364. The molecule has 1 atom stereocenters. The minimum absolute atomic E-state index is 0.0963. The maximum absolute atomic E-state index is 13.3. The molecule has 0 saturated heterocycles. The van der Waals surface area contributed by atoms with E-state index in [0.29, 0.717) is 6.41 Å². The van der Waals surface area contributed by atoms with Crippen LogP contribution in [0.25, 0.3) is 0 Å². The SMILES string of the molecule is C=C/C=C(\C(Cl)=C/C)C(C(=O)NC1CC(F)(F)C1)N(C=O)c1cccc(S(=O)(=O)N(C)C)c1. The Balaban J connectivity index is 2.56. The molecule has 1 saturated carbocycles. The van der Waals surface area contributed by atoms with E-state index in [0.717, 1.165) is 9.21 Å². The van der Waals surface area contributed by atoms with Gasteiger partial charge in [0, 0.05) is 49.3 Å². The molecule has 0 aliphatic heterocycles. The maximum Gasteiger partial charge on any atom is 0.252 e. The van der Waals surface area contributed by atoms with Gasteiger partial charge >= 0.3 is 0 Å². The molecule has 33 heavy (non-hydrogen) atoms. The summed E-state index contributed by atoms with van der Waals surface area (Å²) in [4.78, 5) is 26.3.